The molecule has 0 spiro atoms. The Hall–Kier alpha value is -3.52. The van der Waals surface area contributed by atoms with Crippen LogP contribution >= 0.6 is 24.0 Å². The third-order valence-electron chi connectivity index (χ3n) is 4.03. The van der Waals surface area contributed by atoms with Crippen molar-refractivity contribution < 1.29 is 28.7 Å². The summed E-state index contributed by atoms with van der Waals surface area (Å²) in [4.78, 5) is 50.8. The molecule has 0 radical (unpaired) electrons. The molecule has 14 heteroatoms. The highest BCUT2D eigenvalue weighted by atomic mass is 32.2. The summed E-state index contributed by atoms with van der Waals surface area (Å²) in [6.45, 7) is 1.65. The van der Waals surface area contributed by atoms with Gasteiger partial charge in [0.15, 0.2) is 11.5 Å². The van der Waals surface area contributed by atoms with E-state index in [9.17, 15) is 19.2 Å². The van der Waals surface area contributed by atoms with Gasteiger partial charge in [0.05, 0.1) is 19.7 Å². The number of carbonyl (C=O) groups is 4. The van der Waals surface area contributed by atoms with E-state index in [0.717, 1.165) is 11.8 Å². The number of hydrogen-bond donors (Lipinski definition) is 3. The van der Waals surface area contributed by atoms with Crippen molar-refractivity contribution in [3.8, 4) is 11.5 Å². The summed E-state index contributed by atoms with van der Waals surface area (Å²) in [7, 11) is 1.39. The molecule has 3 N–H and O–H groups in total. The Morgan fingerprint density at radius 1 is 1.38 bits per heavy atom. The fraction of sp³-hybridized carbons (Fsp3) is 0.278. The van der Waals surface area contributed by atoms with Crippen molar-refractivity contribution in [2.24, 2.45) is 5.10 Å². The number of rotatable bonds is 8. The number of amides is 3. The first kappa shape index (κ1) is 23.1. The summed E-state index contributed by atoms with van der Waals surface area (Å²) in [5.74, 6) is -0.650. The number of carbonyl (C=O) groups excluding carboxylic acids is 4. The van der Waals surface area contributed by atoms with E-state index in [-0.39, 0.29) is 29.2 Å². The highest BCUT2D eigenvalue weighted by Gasteiger charge is 2.34. The molecule has 0 saturated carbocycles. The Bertz CT molecular complexity index is 1160. The first-order chi connectivity index (χ1) is 15.2. The maximum atomic E-state index is 12.1. The smallest absolute Gasteiger partial charge is 0.312 e. The number of nitrogens with one attached hydrogen (secondary N) is 3. The minimum absolute atomic E-state index is 0.0713. The minimum Gasteiger partial charge on any atom is -0.493 e. The number of aromatic nitrogens is 3. The van der Waals surface area contributed by atoms with Gasteiger partial charge in [-0.15, -0.1) is 0 Å². The third-order valence-corrected chi connectivity index (χ3v) is 5.32. The van der Waals surface area contributed by atoms with Crippen LogP contribution < -0.4 is 20.2 Å². The zero-order valence-corrected chi connectivity index (χ0v) is 18.5. The molecule has 3 rings (SSSR count). The van der Waals surface area contributed by atoms with Crippen LogP contribution in [0.15, 0.2) is 23.3 Å². The van der Waals surface area contributed by atoms with E-state index >= 15 is 0 Å². The number of aryl methyl sites for hydroxylation is 1. The Morgan fingerprint density at radius 3 is 2.78 bits per heavy atom. The molecule has 0 aliphatic carbocycles. The third kappa shape index (κ3) is 6.01. The van der Waals surface area contributed by atoms with Gasteiger partial charge >= 0.3 is 5.97 Å². The molecule has 32 heavy (non-hydrogen) atoms. The zero-order chi connectivity index (χ0) is 23.3. The fourth-order valence-electron chi connectivity index (χ4n) is 2.63. The van der Waals surface area contributed by atoms with Crippen molar-refractivity contribution in [3.05, 3.63) is 34.4 Å². The van der Waals surface area contributed by atoms with E-state index in [0.29, 0.717) is 11.4 Å². The van der Waals surface area contributed by atoms with Gasteiger partial charge in [-0.2, -0.15) is 5.10 Å². The highest BCUT2D eigenvalue weighted by Crippen LogP contribution is 2.29. The van der Waals surface area contributed by atoms with Crippen molar-refractivity contribution >= 4 is 53.2 Å². The van der Waals surface area contributed by atoms with Crippen molar-refractivity contribution in [3.63, 3.8) is 0 Å². The summed E-state index contributed by atoms with van der Waals surface area (Å²) in [5, 5.41) is 7.50. The number of hydrazone groups is 1. The quantitative estimate of drug-likeness (QED) is 0.166. The van der Waals surface area contributed by atoms with E-state index in [1.807, 2.05) is 0 Å². The molecular weight excluding hydrogens is 460 g/mol. The van der Waals surface area contributed by atoms with Gasteiger partial charge in [0, 0.05) is 0 Å². The van der Waals surface area contributed by atoms with Crippen LogP contribution in [-0.4, -0.2) is 56.4 Å². The van der Waals surface area contributed by atoms with Crippen LogP contribution in [0, 0.1) is 11.7 Å². The zero-order valence-electron chi connectivity index (χ0n) is 16.9. The van der Waals surface area contributed by atoms with Gasteiger partial charge in [0.25, 0.3) is 11.1 Å². The van der Waals surface area contributed by atoms with Crippen molar-refractivity contribution in [1.29, 1.82) is 0 Å². The van der Waals surface area contributed by atoms with Crippen LogP contribution in [0.3, 0.4) is 0 Å². The molecular formula is C18H18N6O6S2. The Balaban J connectivity index is 1.57. The molecule has 0 bridgehead atoms. The van der Waals surface area contributed by atoms with Crippen LogP contribution in [-0.2, 0) is 20.9 Å². The van der Waals surface area contributed by atoms with Crippen LogP contribution in [0.5, 0.6) is 11.5 Å². The van der Waals surface area contributed by atoms with Gasteiger partial charge in [0.1, 0.15) is 17.6 Å². The lowest BCUT2D eigenvalue weighted by Crippen LogP contribution is -2.27. The second kappa shape index (κ2) is 10.2. The first-order valence-corrected chi connectivity index (χ1v) is 10.4. The molecule has 1 aromatic heterocycles. The van der Waals surface area contributed by atoms with E-state index < -0.39 is 28.3 Å². The van der Waals surface area contributed by atoms with Gasteiger partial charge in [-0.25, -0.2) is 10.4 Å². The molecule has 1 aliphatic rings. The molecule has 2 aromatic rings. The average molecular weight is 479 g/mol. The molecule has 1 fully saturated rings. The number of thioether (sulfide) groups is 1. The lowest BCUT2D eigenvalue weighted by molar-refractivity contribution is -0.136. The highest BCUT2D eigenvalue weighted by molar-refractivity contribution is 8.15. The second-order valence-electron chi connectivity index (χ2n) is 6.44. The standard InChI is InChI=1S/C18H18N6O6S2/c1-9-20-17(31)24(23-9)8-14(25)22-19-7-10-3-4-11(12(5-10)29-2)30-15(26)6-13-16(27)21-18(28)32-13/h3-5,7,13H,6,8H2,1-2H3,(H,22,25)(H,20,23,31)(H,21,27,28)/b19-7+/t13-/m1/s1. The predicted molar refractivity (Wildman–Crippen MR) is 116 cm³/mol. The summed E-state index contributed by atoms with van der Waals surface area (Å²) in [5.41, 5.74) is 2.93. The van der Waals surface area contributed by atoms with Crippen molar-refractivity contribution in [2.75, 3.05) is 7.11 Å². The summed E-state index contributed by atoms with van der Waals surface area (Å²) in [6.07, 6.45) is 1.12. The molecule has 2 heterocycles. The number of H-pyrrole nitrogens is 1. The monoisotopic (exact) mass is 478 g/mol. The van der Waals surface area contributed by atoms with E-state index in [4.69, 9.17) is 21.7 Å². The molecule has 12 nitrogen and oxygen atoms in total. The normalized spacial score (nSPS) is 15.6. The SMILES string of the molecule is COc1cc(/C=N/NC(=O)Cn2[nH]c(C)nc2=S)ccc1OC(=O)C[C@H]1SC(=O)NC1=O. The average Bonchev–Trinajstić information content (AvgIpc) is 3.21. The second-order valence-corrected chi connectivity index (χ2v) is 7.98. The predicted octanol–water partition coefficient (Wildman–Crippen LogP) is 1.06. The lowest BCUT2D eigenvalue weighted by atomic mass is 10.2. The molecule has 1 aromatic carbocycles. The van der Waals surface area contributed by atoms with Gasteiger partial charge in [-0.05, 0) is 42.9 Å². The van der Waals surface area contributed by atoms with Crippen LogP contribution in [0.4, 0.5) is 4.79 Å². The van der Waals surface area contributed by atoms with Gasteiger partial charge < -0.3 is 9.47 Å². The molecule has 168 valence electrons. The maximum absolute atomic E-state index is 12.1. The lowest BCUT2D eigenvalue weighted by Gasteiger charge is -2.10. The number of aromatic amines is 1. The fourth-order valence-corrected chi connectivity index (χ4v) is 3.68. The largest absolute Gasteiger partial charge is 0.493 e. The van der Waals surface area contributed by atoms with Gasteiger partial charge in [0.2, 0.25) is 10.7 Å². The van der Waals surface area contributed by atoms with E-state index in [2.05, 4.69) is 25.9 Å². The number of imide groups is 1. The van der Waals surface area contributed by atoms with Gasteiger partial charge in [-0.3, -0.25) is 34.3 Å². The Morgan fingerprint density at radius 2 is 2.16 bits per heavy atom. The van der Waals surface area contributed by atoms with Crippen molar-refractivity contribution in [2.45, 2.75) is 25.1 Å². The number of methoxy groups -OCH3 is 1. The number of esters is 1. The van der Waals surface area contributed by atoms with E-state index in [1.54, 1.807) is 19.1 Å². The number of benzene rings is 1. The molecule has 3 amide bonds. The van der Waals surface area contributed by atoms with Crippen LogP contribution in [0.2, 0.25) is 0 Å². The molecule has 1 atom stereocenters. The van der Waals surface area contributed by atoms with Gasteiger partial charge in [-0.1, -0.05) is 11.8 Å². The molecule has 0 unspecified atom stereocenters. The minimum atomic E-state index is -0.823. The number of hydrogen-bond acceptors (Lipinski definition) is 10. The Kier molecular flexibility index (Phi) is 7.37. The van der Waals surface area contributed by atoms with Crippen LogP contribution in [0.1, 0.15) is 17.8 Å². The summed E-state index contributed by atoms with van der Waals surface area (Å²) >= 11 is 5.76. The van der Waals surface area contributed by atoms with Crippen LogP contribution in [0.25, 0.3) is 0 Å². The topological polar surface area (TPSA) is 157 Å². The van der Waals surface area contributed by atoms with E-state index in [1.165, 1.54) is 24.1 Å². The summed E-state index contributed by atoms with van der Waals surface area (Å²) < 4.78 is 12.1. The summed E-state index contributed by atoms with van der Waals surface area (Å²) in [6, 6.07) is 4.63. The maximum Gasteiger partial charge on any atom is 0.312 e. The van der Waals surface area contributed by atoms with Crippen molar-refractivity contribution in [1.82, 2.24) is 25.5 Å². The number of ether oxygens (including phenoxy) is 2. The molecule has 1 aliphatic heterocycles. The Labute approximate surface area is 190 Å². The molecule has 1 saturated heterocycles. The first-order valence-electron chi connectivity index (χ1n) is 9.10. The number of nitrogens with zero attached hydrogens (tertiary/aromatic N) is 3.